The molecule has 0 heterocycles. The number of benzene rings is 2. The van der Waals surface area contributed by atoms with Crippen molar-refractivity contribution in [3.8, 4) is 11.5 Å². The Bertz CT molecular complexity index is 753. The van der Waals surface area contributed by atoms with Gasteiger partial charge in [0.15, 0.2) is 0 Å². The van der Waals surface area contributed by atoms with Crippen LogP contribution in [0, 0.1) is 24.7 Å². The molecule has 0 unspecified atom stereocenters. The largest absolute Gasteiger partial charge is 0.456 e. The molecule has 1 heteroatoms. The monoisotopic (exact) mass is 365 g/mol. The number of para-hydroxylation sites is 1. The van der Waals surface area contributed by atoms with E-state index in [0.29, 0.717) is 11.8 Å². The van der Waals surface area contributed by atoms with Crippen molar-refractivity contribution in [3.05, 3.63) is 64.1 Å². The summed E-state index contributed by atoms with van der Waals surface area (Å²) in [4.78, 5) is 0. The maximum Gasteiger partial charge on any atom is 0.134 e. The van der Waals surface area contributed by atoms with Crippen molar-refractivity contribution in [2.75, 3.05) is 0 Å². The van der Waals surface area contributed by atoms with Gasteiger partial charge in [-0.3, -0.25) is 0 Å². The molecule has 1 nitrogen and oxygen atoms in total. The predicted molar refractivity (Wildman–Crippen MR) is 118 cm³/mol. The zero-order valence-corrected chi connectivity index (χ0v) is 18.6. The molecular formula is C26H37O. The second-order valence-electron chi connectivity index (χ2n) is 8.79. The lowest BCUT2D eigenvalue weighted by molar-refractivity contribution is 0.458. The van der Waals surface area contributed by atoms with Crippen LogP contribution in [0.3, 0.4) is 0 Å². The van der Waals surface area contributed by atoms with E-state index in [0.717, 1.165) is 30.8 Å². The van der Waals surface area contributed by atoms with Crippen molar-refractivity contribution in [2.24, 2.45) is 11.8 Å². The first-order valence-corrected chi connectivity index (χ1v) is 10.5. The van der Waals surface area contributed by atoms with Gasteiger partial charge in [-0.2, -0.15) is 0 Å². The minimum Gasteiger partial charge on any atom is -0.456 e. The maximum atomic E-state index is 6.66. The molecule has 0 aliphatic carbocycles. The van der Waals surface area contributed by atoms with Gasteiger partial charge in [0.2, 0.25) is 0 Å². The number of hydrogen-bond acceptors (Lipinski definition) is 1. The van der Waals surface area contributed by atoms with Gasteiger partial charge in [0.25, 0.3) is 0 Å². The molecule has 0 aliphatic rings. The van der Waals surface area contributed by atoms with E-state index >= 15 is 0 Å². The van der Waals surface area contributed by atoms with Crippen LogP contribution in [0.1, 0.15) is 76.3 Å². The molecule has 0 spiro atoms. The van der Waals surface area contributed by atoms with Gasteiger partial charge in [-0.05, 0) is 77.8 Å². The molecule has 0 bridgehead atoms. The van der Waals surface area contributed by atoms with Crippen LogP contribution in [-0.2, 0) is 19.3 Å². The van der Waals surface area contributed by atoms with Gasteiger partial charge in [0.1, 0.15) is 11.5 Å². The minimum absolute atomic E-state index is 0.595. The van der Waals surface area contributed by atoms with Gasteiger partial charge in [0.05, 0.1) is 0 Å². The molecule has 0 aliphatic heterocycles. The average Bonchev–Trinajstić information content (AvgIpc) is 2.58. The Hall–Kier alpha value is -1.76. The molecule has 0 saturated heterocycles. The second-order valence-corrected chi connectivity index (χ2v) is 8.79. The molecule has 0 saturated carbocycles. The predicted octanol–water partition coefficient (Wildman–Crippen LogP) is 7.71. The molecule has 0 amide bonds. The quantitative estimate of drug-likeness (QED) is 0.465. The highest BCUT2D eigenvalue weighted by Crippen LogP contribution is 2.40. The summed E-state index contributed by atoms with van der Waals surface area (Å²) in [7, 11) is 0. The number of ether oxygens (including phenoxy) is 1. The molecule has 0 aromatic heterocycles. The normalized spacial score (nSPS) is 11.7. The summed E-state index contributed by atoms with van der Waals surface area (Å²) in [5.74, 6) is 4.66. The molecule has 2 aromatic rings. The fraction of sp³-hybridized carbons (Fsp3) is 0.500. The van der Waals surface area contributed by atoms with Gasteiger partial charge in [-0.25, -0.2) is 0 Å². The van der Waals surface area contributed by atoms with Crippen LogP contribution in [0.25, 0.3) is 0 Å². The average molecular weight is 366 g/mol. The first-order chi connectivity index (χ1) is 12.7. The molecule has 0 fully saturated rings. The van der Waals surface area contributed by atoms with E-state index in [1.54, 1.807) is 0 Å². The van der Waals surface area contributed by atoms with Gasteiger partial charge < -0.3 is 4.74 Å². The lowest BCUT2D eigenvalue weighted by Gasteiger charge is -2.25. The topological polar surface area (TPSA) is 9.23 Å². The van der Waals surface area contributed by atoms with Crippen molar-refractivity contribution in [3.63, 3.8) is 0 Å². The maximum absolute atomic E-state index is 6.66. The molecule has 0 atom stereocenters. The fourth-order valence-electron chi connectivity index (χ4n) is 3.75. The Kier molecular flexibility index (Phi) is 7.53. The lowest BCUT2D eigenvalue weighted by Crippen LogP contribution is -2.11. The zero-order valence-electron chi connectivity index (χ0n) is 18.6. The van der Waals surface area contributed by atoms with E-state index < -0.39 is 0 Å². The third kappa shape index (κ3) is 5.37. The van der Waals surface area contributed by atoms with Crippen LogP contribution in [0.2, 0.25) is 0 Å². The van der Waals surface area contributed by atoms with Crippen LogP contribution >= 0.6 is 0 Å². The molecule has 1 radical (unpaired) electrons. The van der Waals surface area contributed by atoms with Gasteiger partial charge in [0, 0.05) is 0 Å². The van der Waals surface area contributed by atoms with Crippen LogP contribution in [0.4, 0.5) is 0 Å². The standard InChI is InChI=1S/C26H37O/c1-9-22-23(19(6)7)16-21(14-17(2)3)24(15-18(4)5)26(22)27-25-13-11-10-12-20(25)8/h10-13,16-18H,9,14-15H2,1-8H3. The minimum atomic E-state index is 0.595. The molecular weight excluding hydrogens is 328 g/mol. The van der Waals surface area contributed by atoms with E-state index in [1.807, 2.05) is 0 Å². The highest BCUT2D eigenvalue weighted by Gasteiger charge is 2.22. The van der Waals surface area contributed by atoms with Crippen molar-refractivity contribution >= 4 is 0 Å². The summed E-state index contributed by atoms with van der Waals surface area (Å²) >= 11 is 0. The van der Waals surface area contributed by atoms with Crippen LogP contribution < -0.4 is 4.74 Å². The molecule has 2 aromatic carbocycles. The summed E-state index contributed by atoms with van der Waals surface area (Å²) < 4.78 is 6.66. The summed E-state index contributed by atoms with van der Waals surface area (Å²) in [5.41, 5.74) is 6.76. The molecule has 147 valence electrons. The van der Waals surface area contributed by atoms with E-state index in [1.165, 1.54) is 33.7 Å². The third-order valence-corrected chi connectivity index (χ3v) is 5.02. The fourth-order valence-corrected chi connectivity index (χ4v) is 3.75. The van der Waals surface area contributed by atoms with Crippen molar-refractivity contribution in [2.45, 2.75) is 74.7 Å². The number of hydrogen-bond donors (Lipinski definition) is 0. The summed E-state index contributed by atoms with van der Waals surface area (Å²) in [6.07, 6.45) is 3.13. The Morgan fingerprint density at radius 1 is 0.926 bits per heavy atom. The Morgan fingerprint density at radius 2 is 1.56 bits per heavy atom. The molecule has 2 rings (SSSR count). The van der Waals surface area contributed by atoms with E-state index in [4.69, 9.17) is 4.74 Å². The first kappa shape index (κ1) is 21.5. The van der Waals surface area contributed by atoms with Crippen molar-refractivity contribution in [1.82, 2.24) is 0 Å². The van der Waals surface area contributed by atoms with Crippen LogP contribution in [0.5, 0.6) is 11.5 Å². The lowest BCUT2D eigenvalue weighted by atomic mass is 9.84. The van der Waals surface area contributed by atoms with Crippen molar-refractivity contribution in [1.29, 1.82) is 0 Å². The summed E-state index contributed by atoms with van der Waals surface area (Å²) in [5, 5.41) is 0. The highest BCUT2D eigenvalue weighted by atomic mass is 16.5. The molecule has 0 N–H and O–H groups in total. The zero-order chi connectivity index (χ0) is 20.1. The Balaban J connectivity index is 2.73. The second kappa shape index (κ2) is 9.44. The molecule has 27 heavy (non-hydrogen) atoms. The van der Waals surface area contributed by atoms with Crippen LogP contribution in [0.15, 0.2) is 30.3 Å². The third-order valence-electron chi connectivity index (χ3n) is 5.02. The SMILES string of the molecule is CCc1c([C](C)C)cc(CC(C)C)c(CC(C)C)c1Oc1ccccc1C. The van der Waals surface area contributed by atoms with Crippen LogP contribution in [-0.4, -0.2) is 0 Å². The van der Waals surface area contributed by atoms with Gasteiger partial charge >= 0.3 is 0 Å². The number of rotatable bonds is 8. The Labute approximate surface area is 167 Å². The van der Waals surface area contributed by atoms with E-state index in [2.05, 4.69) is 85.7 Å². The van der Waals surface area contributed by atoms with Gasteiger partial charge in [-0.1, -0.05) is 72.7 Å². The first-order valence-electron chi connectivity index (χ1n) is 10.5. The summed E-state index contributed by atoms with van der Waals surface area (Å²) in [6.45, 7) is 18.0. The van der Waals surface area contributed by atoms with Crippen molar-refractivity contribution < 1.29 is 4.74 Å². The Morgan fingerprint density at radius 3 is 2.07 bits per heavy atom. The number of aryl methyl sites for hydroxylation is 1. The highest BCUT2D eigenvalue weighted by molar-refractivity contribution is 5.57. The van der Waals surface area contributed by atoms with Gasteiger partial charge in [-0.15, -0.1) is 0 Å². The summed E-state index contributed by atoms with van der Waals surface area (Å²) in [6, 6.07) is 10.8. The smallest absolute Gasteiger partial charge is 0.134 e. The van der Waals surface area contributed by atoms with E-state index in [9.17, 15) is 0 Å². The van der Waals surface area contributed by atoms with E-state index in [-0.39, 0.29) is 0 Å².